The fourth-order valence-electron chi connectivity index (χ4n) is 2.11. The monoisotopic (exact) mass is 251 g/mol. The van der Waals surface area contributed by atoms with Crippen molar-refractivity contribution in [3.05, 3.63) is 12.7 Å². The number of fused-ring (bicyclic) bond motifs is 1. The molecule has 0 aliphatic carbocycles. The lowest BCUT2D eigenvalue weighted by molar-refractivity contribution is -0.0299. The van der Waals surface area contributed by atoms with Crippen LogP contribution in [0.1, 0.15) is 13.2 Å². The maximum Gasteiger partial charge on any atom is 0.167 e. The second-order valence-corrected chi connectivity index (χ2v) is 4.30. The summed E-state index contributed by atoms with van der Waals surface area (Å²) in [6.07, 6.45) is -0.373. The molecular weight excluding hydrogens is 238 g/mol. The Morgan fingerprint density at radius 1 is 1.28 bits per heavy atom. The summed E-state index contributed by atoms with van der Waals surface area (Å²) in [6.45, 7) is 1.69. The number of hydrogen-bond donors (Lipinski definition) is 3. The molecule has 0 aromatic carbocycles. The Balaban J connectivity index is 2.08. The molecule has 96 valence electrons. The number of rotatable bonds is 1. The highest BCUT2D eigenvalue weighted by molar-refractivity contribution is 5.81. The van der Waals surface area contributed by atoms with Crippen molar-refractivity contribution in [1.29, 1.82) is 0 Å². The zero-order valence-corrected chi connectivity index (χ0v) is 9.63. The molecule has 0 saturated carbocycles. The van der Waals surface area contributed by atoms with Crippen LogP contribution in [0.4, 0.5) is 5.82 Å². The number of nitrogen functional groups attached to an aromatic ring is 1. The van der Waals surface area contributed by atoms with Gasteiger partial charge in [0.15, 0.2) is 17.7 Å². The van der Waals surface area contributed by atoms with Gasteiger partial charge in [-0.15, -0.1) is 0 Å². The molecule has 1 saturated heterocycles. The van der Waals surface area contributed by atoms with E-state index in [1.54, 1.807) is 11.5 Å². The minimum Gasteiger partial charge on any atom is -0.388 e. The zero-order chi connectivity index (χ0) is 12.9. The summed E-state index contributed by atoms with van der Waals surface area (Å²) < 4.78 is 7.05. The number of imidazole rings is 1. The van der Waals surface area contributed by atoms with E-state index >= 15 is 0 Å². The van der Waals surface area contributed by atoms with E-state index in [-0.39, 0.29) is 5.82 Å². The van der Waals surface area contributed by atoms with Crippen molar-refractivity contribution in [2.75, 3.05) is 5.73 Å². The predicted molar refractivity (Wildman–Crippen MR) is 61.3 cm³/mol. The standard InChI is InChI=1S/C10H13N5O3/c1-4-6(16)7(17)10(18-4)15-3-14-5-8(11)12-2-13-9(5)15/h2-4,6-7,10,16-17H,1H3,(H2,11,12,13)/t4?,6-,7-,10-/m0/s1. The number of anilines is 1. The molecule has 0 amide bonds. The first-order valence-electron chi connectivity index (χ1n) is 5.54. The van der Waals surface area contributed by atoms with Crippen molar-refractivity contribution in [2.45, 2.75) is 31.5 Å². The van der Waals surface area contributed by atoms with E-state index in [4.69, 9.17) is 10.5 Å². The largest absolute Gasteiger partial charge is 0.388 e. The molecule has 8 heteroatoms. The summed E-state index contributed by atoms with van der Waals surface area (Å²) in [7, 11) is 0. The van der Waals surface area contributed by atoms with Crippen molar-refractivity contribution < 1.29 is 14.9 Å². The smallest absolute Gasteiger partial charge is 0.167 e. The van der Waals surface area contributed by atoms with E-state index in [9.17, 15) is 10.2 Å². The Morgan fingerprint density at radius 3 is 2.72 bits per heavy atom. The van der Waals surface area contributed by atoms with Gasteiger partial charge in [0.2, 0.25) is 0 Å². The molecule has 0 spiro atoms. The number of aliphatic hydroxyl groups excluding tert-OH is 2. The summed E-state index contributed by atoms with van der Waals surface area (Å²) in [4.78, 5) is 12.0. The summed E-state index contributed by atoms with van der Waals surface area (Å²) >= 11 is 0. The Kier molecular flexibility index (Phi) is 2.44. The molecule has 3 rings (SSSR count). The number of aromatic nitrogens is 4. The number of nitrogens with zero attached hydrogens (tertiary/aromatic N) is 4. The lowest BCUT2D eigenvalue weighted by atomic mass is 10.1. The van der Waals surface area contributed by atoms with Gasteiger partial charge in [-0.25, -0.2) is 15.0 Å². The van der Waals surface area contributed by atoms with E-state index in [0.717, 1.165) is 0 Å². The highest BCUT2D eigenvalue weighted by atomic mass is 16.6. The number of ether oxygens (including phenoxy) is 1. The van der Waals surface area contributed by atoms with Crippen molar-refractivity contribution in [3.8, 4) is 0 Å². The van der Waals surface area contributed by atoms with Gasteiger partial charge in [0.25, 0.3) is 0 Å². The zero-order valence-electron chi connectivity index (χ0n) is 9.63. The maximum atomic E-state index is 9.93. The van der Waals surface area contributed by atoms with Crippen LogP contribution in [0.2, 0.25) is 0 Å². The van der Waals surface area contributed by atoms with Crippen LogP contribution >= 0.6 is 0 Å². The second-order valence-electron chi connectivity index (χ2n) is 4.30. The molecule has 8 nitrogen and oxygen atoms in total. The van der Waals surface area contributed by atoms with Crippen LogP contribution in [-0.4, -0.2) is 48.0 Å². The quantitative estimate of drug-likeness (QED) is 0.597. The normalized spacial score (nSPS) is 32.2. The van der Waals surface area contributed by atoms with Gasteiger partial charge in [0.05, 0.1) is 12.4 Å². The number of aliphatic hydroxyl groups is 2. The topological polar surface area (TPSA) is 119 Å². The highest BCUT2D eigenvalue weighted by Gasteiger charge is 2.41. The molecule has 4 atom stereocenters. The minimum atomic E-state index is -1.03. The van der Waals surface area contributed by atoms with E-state index in [2.05, 4.69) is 15.0 Å². The summed E-state index contributed by atoms with van der Waals surface area (Å²) in [5.41, 5.74) is 6.59. The molecule has 2 aromatic rings. The highest BCUT2D eigenvalue weighted by Crippen LogP contribution is 2.31. The van der Waals surface area contributed by atoms with Crippen molar-refractivity contribution in [3.63, 3.8) is 0 Å². The first-order valence-corrected chi connectivity index (χ1v) is 5.54. The number of nitrogens with two attached hydrogens (primary N) is 1. The third-order valence-corrected chi connectivity index (χ3v) is 3.14. The molecule has 1 aliphatic heterocycles. The first kappa shape index (κ1) is 11.3. The molecule has 0 radical (unpaired) electrons. The average molecular weight is 251 g/mol. The van der Waals surface area contributed by atoms with Gasteiger partial charge in [-0.3, -0.25) is 4.57 Å². The third-order valence-electron chi connectivity index (χ3n) is 3.14. The van der Waals surface area contributed by atoms with Crippen LogP contribution in [0, 0.1) is 0 Å². The molecule has 1 unspecified atom stereocenters. The summed E-state index contributed by atoms with van der Waals surface area (Å²) in [5, 5.41) is 19.6. The van der Waals surface area contributed by atoms with E-state index in [0.29, 0.717) is 11.2 Å². The first-order chi connectivity index (χ1) is 8.59. The number of hydrogen-bond acceptors (Lipinski definition) is 7. The van der Waals surface area contributed by atoms with Gasteiger partial charge in [-0.2, -0.15) is 0 Å². The van der Waals surface area contributed by atoms with E-state index < -0.39 is 24.5 Å². The molecule has 0 bridgehead atoms. The van der Waals surface area contributed by atoms with E-state index in [1.165, 1.54) is 12.7 Å². The molecule has 4 N–H and O–H groups in total. The SMILES string of the molecule is CC1O[C@H](n2cnc3c(N)ncnc32)[C@@H](O)[C@H]1O. The van der Waals surface area contributed by atoms with Crippen LogP contribution < -0.4 is 5.73 Å². The lowest BCUT2D eigenvalue weighted by Gasteiger charge is -2.16. The Morgan fingerprint density at radius 2 is 2.06 bits per heavy atom. The van der Waals surface area contributed by atoms with Crippen LogP contribution in [-0.2, 0) is 4.74 Å². The molecule has 2 aromatic heterocycles. The Labute approximate surface area is 102 Å². The van der Waals surface area contributed by atoms with Crippen LogP contribution in [0.15, 0.2) is 12.7 Å². The molecule has 1 aliphatic rings. The van der Waals surface area contributed by atoms with Gasteiger partial charge in [-0.1, -0.05) is 0 Å². The van der Waals surface area contributed by atoms with Gasteiger partial charge < -0.3 is 20.7 Å². The average Bonchev–Trinajstić information content (AvgIpc) is 2.88. The van der Waals surface area contributed by atoms with Gasteiger partial charge in [0, 0.05) is 0 Å². The van der Waals surface area contributed by atoms with Crippen LogP contribution in [0.5, 0.6) is 0 Å². The fourth-order valence-corrected chi connectivity index (χ4v) is 2.11. The maximum absolute atomic E-state index is 9.93. The van der Waals surface area contributed by atoms with E-state index in [1.807, 2.05) is 0 Å². The third kappa shape index (κ3) is 1.47. The van der Waals surface area contributed by atoms with Crippen LogP contribution in [0.3, 0.4) is 0 Å². The van der Waals surface area contributed by atoms with Crippen molar-refractivity contribution in [1.82, 2.24) is 19.5 Å². The van der Waals surface area contributed by atoms with Crippen molar-refractivity contribution in [2.24, 2.45) is 0 Å². The summed E-state index contributed by atoms with van der Waals surface area (Å²) in [5.74, 6) is 0.264. The lowest BCUT2D eigenvalue weighted by Crippen LogP contribution is -2.30. The predicted octanol–water partition coefficient (Wildman–Crippen LogP) is -0.952. The van der Waals surface area contributed by atoms with Gasteiger partial charge in [-0.05, 0) is 6.92 Å². The molecule has 3 heterocycles. The van der Waals surface area contributed by atoms with Crippen molar-refractivity contribution >= 4 is 17.0 Å². The Bertz CT molecular complexity index is 586. The molecular formula is C10H13N5O3. The molecule has 18 heavy (non-hydrogen) atoms. The molecule has 1 fully saturated rings. The fraction of sp³-hybridized carbons (Fsp3) is 0.500. The van der Waals surface area contributed by atoms with Gasteiger partial charge >= 0.3 is 0 Å². The van der Waals surface area contributed by atoms with Gasteiger partial charge in [0.1, 0.15) is 24.1 Å². The second kappa shape index (κ2) is 3.87. The summed E-state index contributed by atoms with van der Waals surface area (Å²) in [6, 6.07) is 0. The Hall–Kier alpha value is -1.77. The van der Waals surface area contributed by atoms with Crippen LogP contribution in [0.25, 0.3) is 11.2 Å². The minimum absolute atomic E-state index is 0.264.